The molecule has 2 unspecified atom stereocenters. The molecule has 1 heterocycles. The monoisotopic (exact) mass is 401 g/mol. The number of carbonyl (C=O) groups excluding carboxylic acids is 4. The SMILES string of the molecule is CC(C)NC(=O)C(O)CCNc1cccc2c1CN(C1CCC(=O)CC1=O)C2=O. The molecule has 2 atom stereocenters. The van der Waals surface area contributed by atoms with Gasteiger partial charge in [0.25, 0.3) is 5.91 Å². The van der Waals surface area contributed by atoms with Gasteiger partial charge >= 0.3 is 0 Å². The highest BCUT2D eigenvalue weighted by atomic mass is 16.3. The van der Waals surface area contributed by atoms with Gasteiger partial charge in [-0.2, -0.15) is 0 Å². The van der Waals surface area contributed by atoms with Crippen LogP contribution in [0.15, 0.2) is 18.2 Å². The predicted molar refractivity (Wildman–Crippen MR) is 106 cm³/mol. The van der Waals surface area contributed by atoms with Crippen LogP contribution in [0.5, 0.6) is 0 Å². The van der Waals surface area contributed by atoms with Gasteiger partial charge in [-0.15, -0.1) is 0 Å². The Morgan fingerprint density at radius 3 is 2.72 bits per heavy atom. The molecule has 1 fully saturated rings. The van der Waals surface area contributed by atoms with E-state index in [0.717, 1.165) is 11.3 Å². The number of benzene rings is 1. The second-order valence-electron chi connectivity index (χ2n) is 7.90. The molecular weight excluding hydrogens is 374 g/mol. The van der Waals surface area contributed by atoms with Gasteiger partial charge in [-0.25, -0.2) is 0 Å². The molecule has 3 rings (SSSR count). The summed E-state index contributed by atoms with van der Waals surface area (Å²) >= 11 is 0. The van der Waals surface area contributed by atoms with Crippen molar-refractivity contribution >= 4 is 29.1 Å². The van der Waals surface area contributed by atoms with Crippen LogP contribution in [0.1, 0.15) is 55.5 Å². The van der Waals surface area contributed by atoms with Gasteiger partial charge in [-0.3, -0.25) is 19.2 Å². The average Bonchev–Trinajstić information content (AvgIpc) is 2.98. The highest BCUT2D eigenvalue weighted by Gasteiger charge is 2.39. The molecule has 0 radical (unpaired) electrons. The number of aliphatic hydroxyl groups is 1. The van der Waals surface area contributed by atoms with Crippen molar-refractivity contribution in [1.29, 1.82) is 0 Å². The Labute approximate surface area is 169 Å². The molecular formula is C21H27N3O5. The summed E-state index contributed by atoms with van der Waals surface area (Å²) in [6, 6.07) is 4.73. The lowest BCUT2D eigenvalue weighted by Gasteiger charge is -2.29. The van der Waals surface area contributed by atoms with Crippen LogP contribution in [0.4, 0.5) is 5.69 Å². The maximum atomic E-state index is 12.8. The highest BCUT2D eigenvalue weighted by molar-refractivity contribution is 6.08. The van der Waals surface area contributed by atoms with Crippen molar-refractivity contribution in [1.82, 2.24) is 10.2 Å². The van der Waals surface area contributed by atoms with Crippen LogP contribution in [0.2, 0.25) is 0 Å². The van der Waals surface area contributed by atoms with E-state index in [-0.39, 0.29) is 36.4 Å². The van der Waals surface area contributed by atoms with Crippen LogP contribution in [-0.2, 0) is 20.9 Å². The molecule has 0 spiro atoms. The van der Waals surface area contributed by atoms with Crippen LogP contribution < -0.4 is 10.6 Å². The van der Waals surface area contributed by atoms with Crippen molar-refractivity contribution < 1.29 is 24.3 Å². The topological polar surface area (TPSA) is 116 Å². The molecule has 1 aromatic rings. The summed E-state index contributed by atoms with van der Waals surface area (Å²) < 4.78 is 0. The van der Waals surface area contributed by atoms with Gasteiger partial charge in [0.2, 0.25) is 5.91 Å². The summed E-state index contributed by atoms with van der Waals surface area (Å²) in [4.78, 5) is 49.9. The fraction of sp³-hybridized carbons (Fsp3) is 0.524. The quantitative estimate of drug-likeness (QED) is 0.588. The molecule has 8 nitrogen and oxygen atoms in total. The van der Waals surface area contributed by atoms with Crippen molar-refractivity contribution in [2.45, 2.75) is 64.3 Å². The molecule has 0 saturated heterocycles. The van der Waals surface area contributed by atoms with Gasteiger partial charge in [0.1, 0.15) is 11.9 Å². The fourth-order valence-electron chi connectivity index (χ4n) is 3.82. The van der Waals surface area contributed by atoms with Crippen molar-refractivity contribution in [2.75, 3.05) is 11.9 Å². The zero-order valence-electron chi connectivity index (χ0n) is 16.7. The van der Waals surface area contributed by atoms with E-state index in [1.165, 1.54) is 0 Å². The predicted octanol–water partition coefficient (Wildman–Crippen LogP) is 1.02. The molecule has 3 N–H and O–H groups in total. The van der Waals surface area contributed by atoms with E-state index >= 15 is 0 Å². The van der Waals surface area contributed by atoms with E-state index in [2.05, 4.69) is 10.6 Å². The van der Waals surface area contributed by atoms with Gasteiger partial charge in [-0.05, 0) is 38.8 Å². The number of nitrogens with zero attached hydrogens (tertiary/aromatic N) is 1. The van der Waals surface area contributed by atoms with Gasteiger partial charge in [0, 0.05) is 42.4 Å². The summed E-state index contributed by atoms with van der Waals surface area (Å²) in [5.41, 5.74) is 2.08. The Kier molecular flexibility index (Phi) is 6.32. The summed E-state index contributed by atoms with van der Waals surface area (Å²) in [5, 5.41) is 15.8. The number of hydrogen-bond acceptors (Lipinski definition) is 6. The fourth-order valence-corrected chi connectivity index (χ4v) is 3.82. The third-order valence-electron chi connectivity index (χ3n) is 5.28. The minimum atomic E-state index is -1.11. The minimum absolute atomic E-state index is 0.0442. The lowest BCUT2D eigenvalue weighted by Crippen LogP contribution is -2.44. The maximum absolute atomic E-state index is 12.8. The van der Waals surface area contributed by atoms with E-state index in [9.17, 15) is 24.3 Å². The molecule has 2 amide bonds. The van der Waals surface area contributed by atoms with E-state index in [1.807, 2.05) is 19.9 Å². The van der Waals surface area contributed by atoms with Gasteiger partial charge in [0.15, 0.2) is 5.78 Å². The van der Waals surface area contributed by atoms with Crippen molar-refractivity contribution in [2.24, 2.45) is 0 Å². The first-order chi connectivity index (χ1) is 13.8. The van der Waals surface area contributed by atoms with Gasteiger partial charge in [-0.1, -0.05) is 6.07 Å². The second kappa shape index (κ2) is 8.73. The number of rotatable bonds is 7. The zero-order chi connectivity index (χ0) is 21.1. The smallest absolute Gasteiger partial charge is 0.255 e. The van der Waals surface area contributed by atoms with Crippen molar-refractivity contribution in [3.63, 3.8) is 0 Å². The van der Waals surface area contributed by atoms with E-state index in [1.54, 1.807) is 17.0 Å². The molecule has 0 bridgehead atoms. The molecule has 1 aromatic carbocycles. The van der Waals surface area contributed by atoms with Gasteiger partial charge in [0.05, 0.1) is 12.5 Å². The third-order valence-corrected chi connectivity index (χ3v) is 5.28. The minimum Gasteiger partial charge on any atom is -0.385 e. The second-order valence-corrected chi connectivity index (χ2v) is 7.90. The molecule has 1 saturated carbocycles. The summed E-state index contributed by atoms with van der Waals surface area (Å²) in [5.74, 6) is -0.881. The maximum Gasteiger partial charge on any atom is 0.255 e. The van der Waals surface area contributed by atoms with E-state index in [0.29, 0.717) is 31.5 Å². The third kappa shape index (κ3) is 4.64. The van der Waals surface area contributed by atoms with Crippen molar-refractivity contribution in [3.05, 3.63) is 29.3 Å². The highest BCUT2D eigenvalue weighted by Crippen LogP contribution is 2.33. The van der Waals surface area contributed by atoms with Gasteiger partial charge < -0.3 is 20.6 Å². The standard InChI is InChI=1S/C21H27N3O5/c1-12(2)23-20(28)18(26)8-9-22-16-5-3-4-14-15(16)11-24(21(14)29)17-7-6-13(25)10-19(17)27/h3-5,12,17-18,22,26H,6-11H2,1-2H3,(H,23,28). The lowest BCUT2D eigenvalue weighted by atomic mass is 9.92. The number of anilines is 1. The first-order valence-corrected chi connectivity index (χ1v) is 9.97. The summed E-state index contributed by atoms with van der Waals surface area (Å²) in [6.45, 7) is 4.31. The summed E-state index contributed by atoms with van der Waals surface area (Å²) in [6.07, 6.45) is -0.304. The first kappa shape index (κ1) is 21.0. The lowest BCUT2D eigenvalue weighted by molar-refractivity contribution is -0.133. The Bertz CT molecular complexity index is 836. The van der Waals surface area contributed by atoms with Crippen LogP contribution in [0, 0.1) is 0 Å². The number of nitrogens with one attached hydrogen (secondary N) is 2. The average molecular weight is 401 g/mol. The largest absolute Gasteiger partial charge is 0.385 e. The number of ketones is 2. The summed E-state index contributed by atoms with van der Waals surface area (Å²) in [7, 11) is 0. The number of Topliss-reactive ketones (excluding diaryl/α,β-unsaturated/α-hetero) is 2. The molecule has 156 valence electrons. The zero-order valence-corrected chi connectivity index (χ0v) is 16.7. The Morgan fingerprint density at radius 1 is 1.28 bits per heavy atom. The molecule has 8 heteroatoms. The number of fused-ring (bicyclic) bond motifs is 1. The van der Waals surface area contributed by atoms with Crippen LogP contribution in [0.3, 0.4) is 0 Å². The Morgan fingerprint density at radius 2 is 2.03 bits per heavy atom. The number of aliphatic hydroxyl groups excluding tert-OH is 1. The molecule has 2 aliphatic rings. The number of amides is 2. The number of hydrogen-bond donors (Lipinski definition) is 3. The normalized spacial score (nSPS) is 20.1. The number of carbonyl (C=O) groups is 4. The Hall–Kier alpha value is -2.74. The van der Waals surface area contributed by atoms with E-state index < -0.39 is 18.1 Å². The first-order valence-electron chi connectivity index (χ1n) is 9.97. The molecule has 29 heavy (non-hydrogen) atoms. The van der Waals surface area contributed by atoms with Crippen molar-refractivity contribution in [3.8, 4) is 0 Å². The Balaban J connectivity index is 1.64. The van der Waals surface area contributed by atoms with E-state index in [4.69, 9.17) is 0 Å². The molecule has 0 aromatic heterocycles. The van der Waals surface area contributed by atoms with Crippen LogP contribution in [0.25, 0.3) is 0 Å². The molecule has 1 aliphatic carbocycles. The molecule has 1 aliphatic heterocycles. The van der Waals surface area contributed by atoms with Crippen LogP contribution in [-0.4, -0.2) is 58.1 Å². The van der Waals surface area contributed by atoms with Crippen LogP contribution >= 0.6 is 0 Å².